The smallest absolute Gasteiger partial charge is 0.354 e. The molecule has 0 aliphatic heterocycles. The van der Waals surface area contributed by atoms with Crippen LogP contribution in [0.2, 0.25) is 0 Å². The first-order chi connectivity index (χ1) is 18.1. The zero-order chi connectivity index (χ0) is 27.5. The van der Waals surface area contributed by atoms with Crippen LogP contribution in [0.3, 0.4) is 0 Å². The number of hydrogen-bond acceptors (Lipinski definition) is 7. The normalized spacial score (nSPS) is 21.9. The number of fused-ring (bicyclic) bond motifs is 4. The lowest BCUT2D eigenvalue weighted by Gasteiger charge is -2.51. The third kappa shape index (κ3) is 5.35. The van der Waals surface area contributed by atoms with Gasteiger partial charge in [0.05, 0.1) is 18.7 Å². The van der Waals surface area contributed by atoms with Crippen LogP contribution in [0.5, 0.6) is 0 Å². The zero-order valence-corrected chi connectivity index (χ0v) is 20.9. The van der Waals surface area contributed by atoms with Crippen LogP contribution in [0.25, 0.3) is 5.65 Å². The van der Waals surface area contributed by atoms with Gasteiger partial charge in [-0.2, -0.15) is 5.10 Å². The summed E-state index contributed by atoms with van der Waals surface area (Å²) in [5, 5.41) is 16.3. The average Bonchev–Trinajstić information content (AvgIpc) is 3.42. The molecule has 4 N–H and O–H groups in total. The molecule has 1 amide bonds. The molecule has 3 aromatic rings. The van der Waals surface area contributed by atoms with Gasteiger partial charge in [-0.15, -0.1) is 0 Å². The predicted molar refractivity (Wildman–Crippen MR) is 131 cm³/mol. The molecule has 2 aromatic heterocycles. The summed E-state index contributed by atoms with van der Waals surface area (Å²) in [4.78, 5) is 40.2. The zero-order valence-electron chi connectivity index (χ0n) is 20.9. The van der Waals surface area contributed by atoms with E-state index in [0.717, 1.165) is 50.7 Å². The van der Waals surface area contributed by atoms with Gasteiger partial charge in [-0.25, -0.2) is 23.1 Å². The van der Waals surface area contributed by atoms with Gasteiger partial charge in [0.2, 0.25) is 0 Å². The van der Waals surface area contributed by atoms with Gasteiger partial charge in [-0.3, -0.25) is 9.59 Å². The average molecular weight is 530 g/mol. The van der Waals surface area contributed by atoms with Crippen LogP contribution in [0, 0.1) is 22.5 Å². The van der Waals surface area contributed by atoms with E-state index in [2.05, 4.69) is 15.4 Å². The number of esters is 1. The minimum absolute atomic E-state index is 0.0304. The summed E-state index contributed by atoms with van der Waals surface area (Å²) in [5.41, 5.74) is 5.63. The molecular weight excluding hydrogens is 500 g/mol. The number of nitrogens with zero attached hydrogens (tertiary/aromatic N) is 3. The van der Waals surface area contributed by atoms with Crippen molar-refractivity contribution >= 4 is 23.5 Å². The number of benzene rings is 1. The number of halogens is 2. The van der Waals surface area contributed by atoms with Gasteiger partial charge in [-0.1, -0.05) is 6.07 Å². The Morgan fingerprint density at radius 2 is 1.76 bits per heavy atom. The molecule has 0 atom stereocenters. The Morgan fingerprint density at radius 3 is 2.34 bits per heavy atom. The van der Waals surface area contributed by atoms with Gasteiger partial charge in [0, 0.05) is 25.2 Å². The summed E-state index contributed by atoms with van der Waals surface area (Å²) < 4.78 is 30.9. The molecule has 38 heavy (non-hydrogen) atoms. The van der Waals surface area contributed by atoms with Gasteiger partial charge >= 0.3 is 11.9 Å². The Hall–Kier alpha value is -3.93. The molecule has 12 heteroatoms. The molecule has 6 rings (SSSR count). The number of carbonyl (C=O) groups is 3. The first-order valence-electron chi connectivity index (χ1n) is 12.2. The Balaban J connectivity index is 0.000000283. The highest BCUT2D eigenvalue weighted by atomic mass is 19.2. The quantitative estimate of drug-likeness (QED) is 0.413. The van der Waals surface area contributed by atoms with E-state index in [1.165, 1.54) is 30.0 Å². The maximum Gasteiger partial charge on any atom is 0.354 e. The number of rotatable bonds is 6. The summed E-state index contributed by atoms with van der Waals surface area (Å²) in [6.45, 7) is 0.716. The fourth-order valence-corrected chi connectivity index (χ4v) is 5.26. The lowest BCUT2D eigenvalue weighted by atomic mass is 9.53. The largest absolute Gasteiger partial charge is 0.477 e. The van der Waals surface area contributed by atoms with E-state index < -0.39 is 17.6 Å². The summed E-state index contributed by atoms with van der Waals surface area (Å²) in [5.74, 6) is -3.39. The molecule has 1 aromatic carbocycles. The van der Waals surface area contributed by atoms with Gasteiger partial charge in [0.15, 0.2) is 23.0 Å². The monoisotopic (exact) mass is 529 g/mol. The highest BCUT2D eigenvalue weighted by Gasteiger charge is 2.53. The van der Waals surface area contributed by atoms with Crippen LogP contribution in [0.4, 0.5) is 8.78 Å². The molecule has 2 heterocycles. The standard InChI is InChI=1S/C19H22N4O5.C7H7F2N/c1-28-17(27)19-6-3-18(4-7-19,5-8-19)11-20-15(24)13-10-12(16(25)26)22-14-2-9-21-23(13)14;8-6-2-1-5(4-10)3-7(6)9/h2,9-10H,3-8,11H2,1H3,(H,20,24)(H,25,26);1-3H,4,10H2. The molecule has 3 saturated carbocycles. The number of hydrogen-bond donors (Lipinski definition) is 3. The number of aromatic carboxylic acids is 1. The Morgan fingerprint density at radius 1 is 1.08 bits per heavy atom. The minimum Gasteiger partial charge on any atom is -0.477 e. The van der Waals surface area contributed by atoms with E-state index in [9.17, 15) is 28.3 Å². The lowest BCUT2D eigenvalue weighted by molar-refractivity contribution is -0.162. The van der Waals surface area contributed by atoms with Crippen molar-refractivity contribution in [1.82, 2.24) is 19.9 Å². The second-order valence-corrected chi connectivity index (χ2v) is 9.84. The first-order valence-corrected chi connectivity index (χ1v) is 12.2. The lowest BCUT2D eigenvalue weighted by Crippen LogP contribution is -2.50. The third-order valence-corrected chi connectivity index (χ3v) is 7.67. The van der Waals surface area contributed by atoms with Crippen molar-refractivity contribution in [3.05, 3.63) is 65.1 Å². The minimum atomic E-state index is -1.20. The van der Waals surface area contributed by atoms with E-state index >= 15 is 0 Å². The molecule has 3 aliphatic rings. The Bertz CT molecular complexity index is 1350. The maximum atomic E-state index is 12.8. The van der Waals surface area contributed by atoms with E-state index in [-0.39, 0.29) is 40.6 Å². The number of carboxylic acids is 1. The molecule has 0 radical (unpaired) electrons. The number of aromatic nitrogens is 3. The van der Waals surface area contributed by atoms with Crippen LogP contribution >= 0.6 is 0 Å². The molecule has 10 nitrogen and oxygen atoms in total. The fourth-order valence-electron chi connectivity index (χ4n) is 5.26. The molecule has 0 saturated heterocycles. The second kappa shape index (κ2) is 10.8. The van der Waals surface area contributed by atoms with Gasteiger partial charge in [0.25, 0.3) is 5.91 Å². The highest BCUT2D eigenvalue weighted by molar-refractivity contribution is 5.96. The van der Waals surface area contributed by atoms with Crippen molar-refractivity contribution in [2.24, 2.45) is 16.6 Å². The number of methoxy groups -OCH3 is 1. The van der Waals surface area contributed by atoms with Gasteiger partial charge in [-0.05, 0) is 61.6 Å². The molecule has 3 fully saturated rings. The van der Waals surface area contributed by atoms with Crippen LogP contribution in [0.15, 0.2) is 36.5 Å². The highest BCUT2D eigenvalue weighted by Crippen LogP contribution is 2.57. The van der Waals surface area contributed by atoms with Crippen LogP contribution in [0.1, 0.15) is 65.1 Å². The number of carbonyl (C=O) groups excluding carboxylic acids is 2. The number of nitrogens with two attached hydrogens (primary N) is 1. The van der Waals surface area contributed by atoms with Crippen LogP contribution in [-0.2, 0) is 16.1 Å². The number of nitrogens with one attached hydrogen (secondary N) is 1. The van der Waals surface area contributed by atoms with Crippen molar-refractivity contribution in [2.45, 2.75) is 45.1 Å². The third-order valence-electron chi connectivity index (χ3n) is 7.67. The van der Waals surface area contributed by atoms with Crippen molar-refractivity contribution in [3.8, 4) is 0 Å². The van der Waals surface area contributed by atoms with Crippen molar-refractivity contribution in [1.29, 1.82) is 0 Å². The molecular formula is C26H29F2N5O5. The van der Waals surface area contributed by atoms with Crippen molar-refractivity contribution in [3.63, 3.8) is 0 Å². The van der Waals surface area contributed by atoms with Crippen LogP contribution < -0.4 is 11.1 Å². The molecule has 0 spiro atoms. The SMILES string of the molecule is COC(=O)C12CCC(CNC(=O)c3cc(C(=O)O)nc4ccnn34)(CC1)CC2.NCc1ccc(F)c(F)c1. The molecule has 0 unspecified atom stereocenters. The maximum absolute atomic E-state index is 12.8. The summed E-state index contributed by atoms with van der Waals surface area (Å²) >= 11 is 0. The van der Waals surface area contributed by atoms with Gasteiger partial charge < -0.3 is 20.9 Å². The Labute approximate surface area is 217 Å². The van der Waals surface area contributed by atoms with Crippen molar-refractivity contribution < 1.29 is 33.0 Å². The summed E-state index contributed by atoms with van der Waals surface area (Å²) in [7, 11) is 1.43. The van der Waals surface area contributed by atoms with Crippen molar-refractivity contribution in [2.75, 3.05) is 13.7 Å². The molecule has 202 valence electrons. The molecule has 2 bridgehead atoms. The second-order valence-electron chi connectivity index (χ2n) is 9.84. The molecule has 3 aliphatic carbocycles. The van der Waals surface area contributed by atoms with E-state index in [4.69, 9.17) is 10.5 Å². The van der Waals surface area contributed by atoms with Gasteiger partial charge in [0.1, 0.15) is 5.69 Å². The topological polar surface area (TPSA) is 149 Å². The number of ether oxygens (including phenoxy) is 1. The number of amides is 1. The first kappa shape index (κ1) is 27.1. The Kier molecular flexibility index (Phi) is 7.72. The number of carboxylic acid groups (broad SMARTS) is 1. The van der Waals surface area contributed by atoms with E-state index in [1.807, 2.05) is 0 Å². The van der Waals surface area contributed by atoms with E-state index in [1.54, 1.807) is 6.07 Å². The van der Waals surface area contributed by atoms with Crippen LogP contribution in [-0.4, -0.2) is 51.2 Å². The predicted octanol–water partition coefficient (Wildman–Crippen LogP) is 3.09. The fraction of sp³-hybridized carbons (Fsp3) is 0.423. The summed E-state index contributed by atoms with van der Waals surface area (Å²) in [6.07, 6.45) is 6.37. The summed E-state index contributed by atoms with van der Waals surface area (Å²) in [6, 6.07) is 6.40. The van der Waals surface area contributed by atoms with E-state index in [0.29, 0.717) is 17.8 Å².